The lowest BCUT2D eigenvalue weighted by atomic mass is 9.91. The molecular weight excluding hydrogens is 542 g/mol. The number of nitrogens with two attached hydrogens (primary N) is 1. The number of alkyl halides is 6. The Morgan fingerprint density at radius 2 is 1.68 bits per heavy atom. The Kier molecular flexibility index (Phi) is 12.4. The summed E-state index contributed by atoms with van der Waals surface area (Å²) in [6.45, 7) is 5.76. The SMILES string of the molecule is CCC1=CC(C(=CCC(C=CCC(C)C(=NC)c2cc(C(F)(F)F)cc(C(F)(F)F)c2)CC)C(N)=O)=CC=CCC1. The fourth-order valence-electron chi connectivity index (χ4n) is 4.66. The number of amides is 1. The van der Waals surface area contributed by atoms with Crippen molar-refractivity contribution in [3.05, 3.63) is 94.1 Å². The first-order valence-electron chi connectivity index (χ1n) is 13.7. The molecule has 1 aliphatic carbocycles. The summed E-state index contributed by atoms with van der Waals surface area (Å²) in [5, 5.41) is 0. The number of allylic oxidation sites excluding steroid dienone is 8. The van der Waals surface area contributed by atoms with Crippen LogP contribution in [0.15, 0.2) is 82.4 Å². The Labute approximate surface area is 238 Å². The number of primary amides is 1. The molecule has 0 fully saturated rings. The Balaban J connectivity index is 2.24. The van der Waals surface area contributed by atoms with Crippen LogP contribution in [0, 0.1) is 11.8 Å². The molecule has 9 heteroatoms. The number of nitrogens with zero attached hydrogens (tertiary/aromatic N) is 1. The third-order valence-corrected chi connectivity index (χ3v) is 7.07. The van der Waals surface area contributed by atoms with Crippen LogP contribution in [0.4, 0.5) is 26.3 Å². The summed E-state index contributed by atoms with van der Waals surface area (Å²) in [6.07, 6.45) is 8.00. The standard InChI is InChI=1S/C32H38F6N2O/c1-5-22(15-16-28(30(39)41)24-14-9-7-8-12-23(6-2)17-24)13-10-11-21(3)29(40-4)25-18-26(31(33,34)35)20-27(19-25)32(36,37)38/h7,9-10,13-14,16-22H,5-6,8,11-12,15H2,1-4H3,(H2,39,41). The third-order valence-electron chi connectivity index (χ3n) is 7.07. The van der Waals surface area contributed by atoms with Crippen molar-refractivity contribution in [1.29, 1.82) is 0 Å². The van der Waals surface area contributed by atoms with Crippen molar-refractivity contribution in [3.63, 3.8) is 0 Å². The number of hydrogen-bond donors (Lipinski definition) is 1. The van der Waals surface area contributed by atoms with Crippen LogP contribution in [0.25, 0.3) is 0 Å². The average molecular weight is 581 g/mol. The monoisotopic (exact) mass is 580 g/mol. The van der Waals surface area contributed by atoms with E-state index in [2.05, 4.69) is 18.0 Å². The third kappa shape index (κ3) is 10.2. The summed E-state index contributed by atoms with van der Waals surface area (Å²) in [5.41, 5.74) is 5.35. The molecule has 0 radical (unpaired) electrons. The molecule has 0 bridgehead atoms. The quantitative estimate of drug-likeness (QED) is 0.121. The zero-order chi connectivity index (χ0) is 30.8. The van der Waals surface area contributed by atoms with Crippen molar-refractivity contribution in [2.24, 2.45) is 22.6 Å². The van der Waals surface area contributed by atoms with E-state index in [1.807, 2.05) is 43.4 Å². The summed E-state index contributed by atoms with van der Waals surface area (Å²) >= 11 is 0. The van der Waals surface area contributed by atoms with Gasteiger partial charge in [-0.1, -0.05) is 68.9 Å². The van der Waals surface area contributed by atoms with Crippen LogP contribution in [0.5, 0.6) is 0 Å². The lowest BCUT2D eigenvalue weighted by Crippen LogP contribution is -2.17. The molecule has 3 nitrogen and oxygen atoms in total. The van der Waals surface area contributed by atoms with Gasteiger partial charge < -0.3 is 5.73 Å². The zero-order valence-corrected chi connectivity index (χ0v) is 23.9. The van der Waals surface area contributed by atoms with Gasteiger partial charge in [0.25, 0.3) is 0 Å². The van der Waals surface area contributed by atoms with Gasteiger partial charge in [-0.15, -0.1) is 0 Å². The topological polar surface area (TPSA) is 55.4 Å². The van der Waals surface area contributed by atoms with Crippen LogP contribution in [0.1, 0.15) is 76.0 Å². The zero-order valence-electron chi connectivity index (χ0n) is 23.9. The molecule has 0 spiro atoms. The maximum Gasteiger partial charge on any atom is 0.416 e. The smallest absolute Gasteiger partial charge is 0.366 e. The summed E-state index contributed by atoms with van der Waals surface area (Å²) in [6, 6.07) is 1.53. The minimum Gasteiger partial charge on any atom is -0.366 e. The Morgan fingerprint density at radius 1 is 1.05 bits per heavy atom. The highest BCUT2D eigenvalue weighted by Gasteiger charge is 2.37. The minimum atomic E-state index is -4.93. The number of rotatable bonds is 11. The van der Waals surface area contributed by atoms with E-state index >= 15 is 0 Å². The molecule has 2 unspecified atom stereocenters. The highest BCUT2D eigenvalue weighted by atomic mass is 19.4. The van der Waals surface area contributed by atoms with E-state index in [1.165, 1.54) is 12.6 Å². The molecule has 2 atom stereocenters. The Morgan fingerprint density at radius 3 is 2.20 bits per heavy atom. The molecule has 1 aliphatic rings. The van der Waals surface area contributed by atoms with Crippen LogP contribution in [0.3, 0.4) is 0 Å². The number of carbonyl (C=O) groups is 1. The fraction of sp³-hybridized carbons (Fsp3) is 0.438. The van der Waals surface area contributed by atoms with Gasteiger partial charge in [-0.2, -0.15) is 26.3 Å². The first-order valence-corrected chi connectivity index (χ1v) is 13.7. The van der Waals surface area contributed by atoms with Crippen molar-refractivity contribution in [2.75, 3.05) is 7.05 Å². The summed E-state index contributed by atoms with van der Waals surface area (Å²) in [4.78, 5) is 16.3. The van der Waals surface area contributed by atoms with Crippen LogP contribution in [-0.2, 0) is 17.1 Å². The molecule has 0 heterocycles. The van der Waals surface area contributed by atoms with Gasteiger partial charge in [-0.3, -0.25) is 9.79 Å². The predicted octanol–water partition coefficient (Wildman–Crippen LogP) is 9.17. The lowest BCUT2D eigenvalue weighted by Gasteiger charge is -2.18. The van der Waals surface area contributed by atoms with Crippen molar-refractivity contribution in [1.82, 2.24) is 0 Å². The maximum atomic E-state index is 13.3. The number of benzene rings is 1. The molecule has 1 aromatic rings. The van der Waals surface area contributed by atoms with Crippen molar-refractivity contribution in [3.8, 4) is 0 Å². The average Bonchev–Trinajstić information content (AvgIpc) is 2.87. The van der Waals surface area contributed by atoms with Gasteiger partial charge >= 0.3 is 12.4 Å². The number of hydrogen-bond acceptors (Lipinski definition) is 2. The van der Waals surface area contributed by atoms with Gasteiger partial charge in [0.15, 0.2) is 0 Å². The van der Waals surface area contributed by atoms with Gasteiger partial charge in [-0.25, -0.2) is 0 Å². The molecule has 1 amide bonds. The molecule has 224 valence electrons. The largest absolute Gasteiger partial charge is 0.416 e. The van der Waals surface area contributed by atoms with Gasteiger partial charge in [-0.05, 0) is 73.8 Å². The van der Waals surface area contributed by atoms with E-state index in [0.29, 0.717) is 30.5 Å². The van der Waals surface area contributed by atoms with Gasteiger partial charge in [0.2, 0.25) is 5.91 Å². The van der Waals surface area contributed by atoms with Crippen molar-refractivity contribution < 1.29 is 31.1 Å². The highest BCUT2D eigenvalue weighted by Crippen LogP contribution is 2.37. The minimum absolute atomic E-state index is 0.0447. The van der Waals surface area contributed by atoms with Gasteiger partial charge in [0.05, 0.1) is 11.1 Å². The van der Waals surface area contributed by atoms with Crippen molar-refractivity contribution in [2.45, 2.75) is 71.6 Å². The second-order valence-corrected chi connectivity index (χ2v) is 10.1. The molecule has 0 aromatic heterocycles. The molecule has 2 N–H and O–H groups in total. The highest BCUT2D eigenvalue weighted by molar-refractivity contribution is 6.02. The Bertz CT molecular complexity index is 1210. The van der Waals surface area contributed by atoms with Crippen LogP contribution < -0.4 is 5.73 Å². The van der Waals surface area contributed by atoms with Gasteiger partial charge in [0, 0.05) is 24.3 Å². The normalized spacial score (nSPS) is 17.1. The Hall–Kier alpha value is -3.36. The van der Waals surface area contributed by atoms with E-state index in [4.69, 9.17) is 5.73 Å². The van der Waals surface area contributed by atoms with Crippen LogP contribution >= 0.6 is 0 Å². The first-order chi connectivity index (χ1) is 19.2. The molecule has 0 saturated carbocycles. The molecule has 41 heavy (non-hydrogen) atoms. The number of aliphatic imine (C=N–C) groups is 1. The molecule has 0 saturated heterocycles. The first kappa shape index (κ1) is 33.8. The van der Waals surface area contributed by atoms with Crippen molar-refractivity contribution >= 4 is 11.6 Å². The molecular formula is C32H38F6N2O. The summed E-state index contributed by atoms with van der Waals surface area (Å²) < 4.78 is 80.1. The summed E-state index contributed by atoms with van der Waals surface area (Å²) in [7, 11) is 1.35. The number of halogens is 6. The predicted molar refractivity (Wildman–Crippen MR) is 152 cm³/mol. The molecule has 2 rings (SSSR count). The van der Waals surface area contributed by atoms with E-state index in [0.717, 1.165) is 31.3 Å². The molecule has 1 aromatic carbocycles. The maximum absolute atomic E-state index is 13.3. The van der Waals surface area contributed by atoms with E-state index < -0.39 is 35.3 Å². The fourth-order valence-corrected chi connectivity index (χ4v) is 4.66. The van der Waals surface area contributed by atoms with E-state index in [9.17, 15) is 31.1 Å². The second kappa shape index (κ2) is 15.0. The second-order valence-electron chi connectivity index (χ2n) is 10.1. The number of carbonyl (C=O) groups excluding carboxylic acids is 1. The van der Waals surface area contributed by atoms with E-state index in [-0.39, 0.29) is 23.3 Å². The lowest BCUT2D eigenvalue weighted by molar-refractivity contribution is -0.143. The van der Waals surface area contributed by atoms with Crippen LogP contribution in [0.2, 0.25) is 0 Å². The summed E-state index contributed by atoms with van der Waals surface area (Å²) in [5.74, 6) is -0.921. The molecule has 0 aliphatic heterocycles. The van der Waals surface area contributed by atoms with Crippen LogP contribution in [-0.4, -0.2) is 18.7 Å². The van der Waals surface area contributed by atoms with E-state index in [1.54, 1.807) is 6.92 Å². The van der Waals surface area contributed by atoms with Gasteiger partial charge in [0.1, 0.15) is 0 Å².